The van der Waals surface area contributed by atoms with Crippen molar-refractivity contribution in [2.24, 2.45) is 0 Å². The maximum absolute atomic E-state index is 14.3. The van der Waals surface area contributed by atoms with Gasteiger partial charge >= 0.3 is 0 Å². The van der Waals surface area contributed by atoms with Crippen LogP contribution in [0, 0.1) is 17.5 Å². The van der Waals surface area contributed by atoms with E-state index in [0.29, 0.717) is 29.8 Å². The Hall–Kier alpha value is -3.29. The van der Waals surface area contributed by atoms with Crippen LogP contribution in [-0.2, 0) is 16.0 Å². The van der Waals surface area contributed by atoms with Crippen molar-refractivity contribution < 1.29 is 22.8 Å². The lowest BCUT2D eigenvalue weighted by atomic mass is 10.0. The fourth-order valence-electron chi connectivity index (χ4n) is 3.64. The smallest absolute Gasteiger partial charge is 0.242 e. The van der Waals surface area contributed by atoms with E-state index in [0.717, 1.165) is 6.07 Å². The molecule has 0 radical (unpaired) electrons. The molecule has 0 aliphatic carbocycles. The molecule has 1 saturated heterocycles. The second-order valence-electron chi connectivity index (χ2n) is 6.95. The molecule has 2 amide bonds. The van der Waals surface area contributed by atoms with E-state index >= 15 is 0 Å². The number of rotatable bonds is 5. The number of amides is 2. The first kappa shape index (κ1) is 19.0. The van der Waals surface area contributed by atoms with E-state index in [1.807, 2.05) is 6.07 Å². The van der Waals surface area contributed by atoms with Gasteiger partial charge in [0.1, 0.15) is 6.04 Å². The maximum atomic E-state index is 14.3. The Morgan fingerprint density at radius 2 is 1.90 bits per heavy atom. The summed E-state index contributed by atoms with van der Waals surface area (Å²) in [5, 5.41) is 5.49. The highest BCUT2D eigenvalue weighted by Gasteiger charge is 2.26. The second-order valence-corrected chi connectivity index (χ2v) is 6.95. The number of aryl methyl sites for hydroxylation is 1. The number of carbonyl (C=O) groups is 2. The zero-order valence-electron chi connectivity index (χ0n) is 15.3. The summed E-state index contributed by atoms with van der Waals surface area (Å²) in [6, 6.07) is 9.31. The van der Waals surface area contributed by atoms with Crippen molar-refractivity contribution in [1.82, 2.24) is 15.6 Å². The fraction of sp³-hybridized carbons (Fsp3) is 0.238. The van der Waals surface area contributed by atoms with Crippen LogP contribution in [0.1, 0.15) is 18.4 Å². The standard InChI is InChI=1S/C21H18F3N3O2/c22-14-10-13-12(6-7-16(28)26-15-8-9-25-21(15)29)19(11-4-2-1-3-5-11)27-20(13)18(24)17(14)23/h1-5,10,15,27H,6-9H2,(H,25,29)(H,26,28). The summed E-state index contributed by atoms with van der Waals surface area (Å²) in [6.07, 6.45) is 0.689. The fourth-order valence-corrected chi connectivity index (χ4v) is 3.64. The quantitative estimate of drug-likeness (QED) is 0.575. The van der Waals surface area contributed by atoms with Gasteiger partial charge in [-0.15, -0.1) is 0 Å². The highest BCUT2D eigenvalue weighted by molar-refractivity contribution is 5.93. The Kier molecular flexibility index (Phi) is 5.00. The van der Waals surface area contributed by atoms with E-state index in [1.165, 1.54) is 0 Å². The van der Waals surface area contributed by atoms with Gasteiger partial charge in [0.2, 0.25) is 11.8 Å². The normalized spacial score (nSPS) is 16.2. The van der Waals surface area contributed by atoms with Crippen molar-refractivity contribution in [2.45, 2.75) is 25.3 Å². The number of carbonyl (C=O) groups excluding carboxylic acids is 2. The first-order valence-corrected chi connectivity index (χ1v) is 9.26. The zero-order valence-corrected chi connectivity index (χ0v) is 15.3. The Morgan fingerprint density at radius 1 is 1.14 bits per heavy atom. The molecule has 4 rings (SSSR count). The van der Waals surface area contributed by atoms with E-state index in [4.69, 9.17) is 0 Å². The number of fused-ring (bicyclic) bond motifs is 1. The minimum atomic E-state index is -1.55. The molecule has 1 atom stereocenters. The molecule has 29 heavy (non-hydrogen) atoms. The van der Waals surface area contributed by atoms with Gasteiger partial charge in [0.25, 0.3) is 0 Å². The van der Waals surface area contributed by atoms with Crippen LogP contribution in [0.3, 0.4) is 0 Å². The van der Waals surface area contributed by atoms with Gasteiger partial charge in [0.05, 0.1) is 5.52 Å². The van der Waals surface area contributed by atoms with Crippen LogP contribution in [0.25, 0.3) is 22.2 Å². The minimum Gasteiger partial charge on any atom is -0.354 e. The lowest BCUT2D eigenvalue weighted by Gasteiger charge is -2.10. The average Bonchev–Trinajstić information content (AvgIpc) is 3.29. The molecule has 0 spiro atoms. The molecule has 0 bridgehead atoms. The van der Waals surface area contributed by atoms with Crippen LogP contribution >= 0.6 is 0 Å². The number of nitrogens with one attached hydrogen (secondary N) is 3. The third-order valence-electron chi connectivity index (χ3n) is 5.09. The Labute approximate surface area is 164 Å². The molecule has 1 unspecified atom stereocenters. The van der Waals surface area contributed by atoms with Crippen molar-refractivity contribution in [1.29, 1.82) is 0 Å². The molecule has 1 aromatic heterocycles. The number of benzene rings is 2. The number of aromatic amines is 1. The highest BCUT2D eigenvalue weighted by Crippen LogP contribution is 2.34. The Bertz CT molecular complexity index is 1100. The summed E-state index contributed by atoms with van der Waals surface area (Å²) in [6.45, 7) is 0.508. The summed E-state index contributed by atoms with van der Waals surface area (Å²) < 4.78 is 41.9. The molecule has 150 valence electrons. The van der Waals surface area contributed by atoms with Crippen molar-refractivity contribution in [2.75, 3.05) is 6.54 Å². The van der Waals surface area contributed by atoms with Gasteiger partial charge in [-0.1, -0.05) is 30.3 Å². The zero-order chi connectivity index (χ0) is 20.5. The van der Waals surface area contributed by atoms with E-state index < -0.39 is 23.5 Å². The van der Waals surface area contributed by atoms with E-state index in [9.17, 15) is 22.8 Å². The van der Waals surface area contributed by atoms with Gasteiger partial charge in [0.15, 0.2) is 17.5 Å². The monoisotopic (exact) mass is 401 g/mol. The van der Waals surface area contributed by atoms with Gasteiger partial charge in [-0.25, -0.2) is 13.2 Å². The van der Waals surface area contributed by atoms with Gasteiger partial charge in [0, 0.05) is 24.0 Å². The molecule has 3 aromatic rings. The predicted octanol–water partition coefficient (Wildman–Crippen LogP) is 3.19. The topological polar surface area (TPSA) is 74.0 Å². The molecule has 5 nitrogen and oxygen atoms in total. The largest absolute Gasteiger partial charge is 0.354 e. The van der Waals surface area contributed by atoms with Gasteiger partial charge in [-0.05, 0) is 30.0 Å². The molecule has 1 fully saturated rings. The molecular weight excluding hydrogens is 383 g/mol. The molecular formula is C21H18F3N3O2. The van der Waals surface area contributed by atoms with E-state index in [-0.39, 0.29) is 35.6 Å². The molecule has 1 aliphatic rings. The summed E-state index contributed by atoms with van der Waals surface area (Å²) in [5.74, 6) is -4.70. The van der Waals surface area contributed by atoms with Crippen molar-refractivity contribution in [3.63, 3.8) is 0 Å². The molecule has 2 heterocycles. The summed E-state index contributed by atoms with van der Waals surface area (Å²) in [5.41, 5.74) is 1.56. The lowest BCUT2D eigenvalue weighted by molar-refractivity contribution is -0.127. The summed E-state index contributed by atoms with van der Waals surface area (Å²) in [4.78, 5) is 26.8. The van der Waals surface area contributed by atoms with Crippen molar-refractivity contribution in [3.05, 3.63) is 59.4 Å². The third-order valence-corrected chi connectivity index (χ3v) is 5.09. The Morgan fingerprint density at radius 3 is 2.59 bits per heavy atom. The molecule has 3 N–H and O–H groups in total. The van der Waals surface area contributed by atoms with Gasteiger partial charge in [-0.3, -0.25) is 9.59 Å². The average molecular weight is 401 g/mol. The number of hydrogen-bond acceptors (Lipinski definition) is 2. The van der Waals surface area contributed by atoms with Crippen LogP contribution in [0.15, 0.2) is 36.4 Å². The molecule has 0 saturated carbocycles. The van der Waals surface area contributed by atoms with Crippen molar-refractivity contribution >= 4 is 22.7 Å². The SMILES string of the molecule is O=C(CCc1c(-c2ccccc2)[nH]c2c(F)c(F)c(F)cc12)NC1CCNC1=O. The predicted molar refractivity (Wildman–Crippen MR) is 101 cm³/mol. The number of aromatic nitrogens is 1. The molecule has 8 heteroatoms. The third kappa shape index (κ3) is 3.57. The highest BCUT2D eigenvalue weighted by atomic mass is 19.2. The summed E-state index contributed by atoms with van der Waals surface area (Å²) in [7, 11) is 0. The summed E-state index contributed by atoms with van der Waals surface area (Å²) >= 11 is 0. The molecule has 1 aliphatic heterocycles. The van der Waals surface area contributed by atoms with Gasteiger partial charge < -0.3 is 15.6 Å². The van der Waals surface area contributed by atoms with Crippen LogP contribution < -0.4 is 10.6 Å². The number of halogens is 3. The van der Waals surface area contributed by atoms with Crippen LogP contribution in [0.2, 0.25) is 0 Å². The maximum Gasteiger partial charge on any atom is 0.242 e. The lowest BCUT2D eigenvalue weighted by Crippen LogP contribution is -2.40. The number of hydrogen-bond donors (Lipinski definition) is 3. The van der Waals surface area contributed by atoms with Crippen LogP contribution in [0.5, 0.6) is 0 Å². The van der Waals surface area contributed by atoms with Crippen LogP contribution in [-0.4, -0.2) is 29.4 Å². The van der Waals surface area contributed by atoms with E-state index in [2.05, 4.69) is 15.6 Å². The first-order chi connectivity index (χ1) is 14.0. The Balaban J connectivity index is 1.68. The van der Waals surface area contributed by atoms with E-state index in [1.54, 1.807) is 24.3 Å². The number of H-pyrrole nitrogens is 1. The molecule has 2 aromatic carbocycles. The minimum absolute atomic E-state index is 0.0111. The first-order valence-electron chi connectivity index (χ1n) is 9.26. The second kappa shape index (κ2) is 7.62. The van der Waals surface area contributed by atoms with Crippen molar-refractivity contribution in [3.8, 4) is 11.3 Å². The van der Waals surface area contributed by atoms with Crippen LogP contribution in [0.4, 0.5) is 13.2 Å². The van der Waals surface area contributed by atoms with Gasteiger partial charge in [-0.2, -0.15) is 0 Å².